The lowest BCUT2D eigenvalue weighted by Gasteiger charge is -2.44. The number of benzene rings is 2. The third-order valence-electron chi connectivity index (χ3n) is 5.20. The number of para-hydroxylation sites is 1. The summed E-state index contributed by atoms with van der Waals surface area (Å²) in [6.45, 7) is 1.10. The number of carbonyl (C=O) groups is 1. The highest BCUT2D eigenvalue weighted by atomic mass is 32.2. The Labute approximate surface area is 153 Å². The first kappa shape index (κ1) is 17.1. The molecule has 6 nitrogen and oxygen atoms in total. The summed E-state index contributed by atoms with van der Waals surface area (Å²) >= 11 is 0. The highest BCUT2D eigenvalue weighted by Crippen LogP contribution is 2.35. The van der Waals surface area contributed by atoms with E-state index in [1.54, 1.807) is 0 Å². The Morgan fingerprint density at radius 2 is 1.69 bits per heavy atom. The molecule has 0 aromatic heterocycles. The number of anilines is 1. The molecule has 0 radical (unpaired) electrons. The molecule has 2 aliphatic heterocycles. The predicted octanol–water partition coefficient (Wildman–Crippen LogP) is 1.29. The average Bonchev–Trinajstić information content (AvgIpc) is 3.02. The quantitative estimate of drug-likeness (QED) is 0.858. The lowest BCUT2D eigenvalue weighted by Crippen LogP contribution is -2.60. The van der Waals surface area contributed by atoms with Gasteiger partial charge in [0.05, 0.1) is 5.69 Å². The minimum atomic E-state index is -3.45. The van der Waals surface area contributed by atoms with E-state index in [1.807, 2.05) is 59.5 Å². The second-order valence-electron chi connectivity index (χ2n) is 6.79. The van der Waals surface area contributed by atoms with Gasteiger partial charge in [-0.25, -0.2) is 8.42 Å². The van der Waals surface area contributed by atoms with Crippen molar-refractivity contribution >= 4 is 21.6 Å². The molecule has 2 aromatic rings. The summed E-state index contributed by atoms with van der Waals surface area (Å²) in [5.41, 5.74) is 8.21. The number of primary amides is 1. The van der Waals surface area contributed by atoms with Crippen molar-refractivity contribution in [2.45, 2.75) is 17.7 Å². The van der Waals surface area contributed by atoms with E-state index in [1.165, 1.54) is 4.31 Å². The Kier molecular flexibility index (Phi) is 4.20. The van der Waals surface area contributed by atoms with E-state index in [2.05, 4.69) is 0 Å². The van der Waals surface area contributed by atoms with Crippen molar-refractivity contribution in [3.05, 3.63) is 65.7 Å². The Hall–Kier alpha value is -2.38. The molecule has 0 aliphatic carbocycles. The second-order valence-corrected chi connectivity index (χ2v) is 8.92. The fraction of sp³-hybridized carbons (Fsp3) is 0.316. The SMILES string of the molecule is NC(=O)[C@H](c1ccccc1)N1CC(S(=O)(=O)N2CCc3ccccc32)C1. The maximum atomic E-state index is 13.0. The summed E-state index contributed by atoms with van der Waals surface area (Å²) in [5.74, 6) is -0.460. The Morgan fingerprint density at radius 3 is 2.38 bits per heavy atom. The molecule has 1 fully saturated rings. The molecule has 2 N–H and O–H groups in total. The Bertz CT molecular complexity index is 924. The van der Waals surface area contributed by atoms with Gasteiger partial charge in [-0.1, -0.05) is 48.5 Å². The van der Waals surface area contributed by atoms with Crippen LogP contribution in [0.15, 0.2) is 54.6 Å². The lowest BCUT2D eigenvalue weighted by atomic mass is 10.0. The van der Waals surface area contributed by atoms with Gasteiger partial charge in [0, 0.05) is 19.6 Å². The first-order valence-electron chi connectivity index (χ1n) is 8.66. The summed E-state index contributed by atoms with van der Waals surface area (Å²) in [6, 6.07) is 16.3. The van der Waals surface area contributed by atoms with Gasteiger partial charge < -0.3 is 5.73 Å². The standard InChI is InChI=1S/C19H21N3O3S/c20-19(23)18(15-7-2-1-3-8-15)21-12-16(13-21)26(24,25)22-11-10-14-6-4-5-9-17(14)22/h1-9,16,18H,10-13H2,(H2,20,23)/t18-/m0/s1. The number of rotatable bonds is 5. The van der Waals surface area contributed by atoms with Crippen molar-refractivity contribution in [3.8, 4) is 0 Å². The molecular weight excluding hydrogens is 350 g/mol. The van der Waals surface area contributed by atoms with Crippen LogP contribution in [0.5, 0.6) is 0 Å². The number of amides is 1. The van der Waals surface area contributed by atoms with Crippen molar-refractivity contribution in [1.29, 1.82) is 0 Å². The highest BCUT2D eigenvalue weighted by Gasteiger charge is 2.46. The van der Waals surface area contributed by atoms with Crippen LogP contribution in [0.2, 0.25) is 0 Å². The molecule has 0 bridgehead atoms. The predicted molar refractivity (Wildman–Crippen MR) is 100 cm³/mol. The Balaban J connectivity index is 1.51. The van der Waals surface area contributed by atoms with E-state index in [4.69, 9.17) is 5.73 Å². The molecule has 7 heteroatoms. The van der Waals surface area contributed by atoms with Crippen molar-refractivity contribution in [1.82, 2.24) is 4.90 Å². The van der Waals surface area contributed by atoms with Crippen LogP contribution in [0.4, 0.5) is 5.69 Å². The number of hydrogen-bond donors (Lipinski definition) is 1. The van der Waals surface area contributed by atoms with Gasteiger partial charge in [0.2, 0.25) is 15.9 Å². The topological polar surface area (TPSA) is 83.7 Å². The summed E-state index contributed by atoms with van der Waals surface area (Å²) in [5, 5.41) is -0.515. The van der Waals surface area contributed by atoms with Crippen LogP contribution >= 0.6 is 0 Å². The fourth-order valence-electron chi connectivity index (χ4n) is 3.81. The van der Waals surface area contributed by atoms with Gasteiger partial charge in [-0.2, -0.15) is 0 Å². The third-order valence-corrected chi connectivity index (χ3v) is 7.33. The summed E-state index contributed by atoms with van der Waals surface area (Å²) < 4.78 is 27.6. The number of likely N-dealkylation sites (tertiary alicyclic amines) is 1. The maximum Gasteiger partial charge on any atom is 0.240 e. The molecule has 1 saturated heterocycles. The number of carbonyl (C=O) groups excluding carboxylic acids is 1. The lowest BCUT2D eigenvalue weighted by molar-refractivity contribution is -0.124. The largest absolute Gasteiger partial charge is 0.368 e. The number of nitrogens with two attached hydrogens (primary N) is 1. The normalized spacial score (nSPS) is 19.0. The van der Waals surface area contributed by atoms with E-state index >= 15 is 0 Å². The van der Waals surface area contributed by atoms with Gasteiger partial charge >= 0.3 is 0 Å². The highest BCUT2D eigenvalue weighted by molar-refractivity contribution is 7.93. The van der Waals surface area contributed by atoms with Crippen LogP contribution in [0.3, 0.4) is 0 Å². The van der Waals surface area contributed by atoms with Gasteiger partial charge in [0.1, 0.15) is 11.3 Å². The fourth-order valence-corrected chi connectivity index (χ4v) is 5.73. The van der Waals surface area contributed by atoms with Gasteiger partial charge in [0.25, 0.3) is 0 Å². The first-order valence-corrected chi connectivity index (χ1v) is 10.2. The van der Waals surface area contributed by atoms with Gasteiger partial charge in [-0.15, -0.1) is 0 Å². The van der Waals surface area contributed by atoms with Gasteiger partial charge in [0.15, 0.2) is 0 Å². The molecule has 2 aliphatic rings. The van der Waals surface area contributed by atoms with Crippen LogP contribution in [0.1, 0.15) is 17.2 Å². The third kappa shape index (κ3) is 2.77. The molecule has 1 atom stereocenters. The van der Waals surface area contributed by atoms with Crippen molar-refractivity contribution < 1.29 is 13.2 Å². The van der Waals surface area contributed by atoms with E-state index in [0.29, 0.717) is 19.6 Å². The van der Waals surface area contributed by atoms with Crippen molar-refractivity contribution in [2.75, 3.05) is 23.9 Å². The summed E-state index contributed by atoms with van der Waals surface area (Å²) in [6.07, 6.45) is 0.736. The zero-order chi connectivity index (χ0) is 18.3. The average molecular weight is 371 g/mol. The summed E-state index contributed by atoms with van der Waals surface area (Å²) in [7, 11) is -3.45. The van der Waals surface area contributed by atoms with Crippen molar-refractivity contribution in [3.63, 3.8) is 0 Å². The minimum Gasteiger partial charge on any atom is -0.368 e. The zero-order valence-electron chi connectivity index (χ0n) is 14.3. The first-order chi connectivity index (χ1) is 12.5. The van der Waals surface area contributed by atoms with Crippen LogP contribution in [0, 0.1) is 0 Å². The molecule has 136 valence electrons. The molecule has 2 aromatic carbocycles. The molecule has 1 amide bonds. The van der Waals surface area contributed by atoms with E-state index in [9.17, 15) is 13.2 Å². The summed E-state index contributed by atoms with van der Waals surface area (Å²) in [4.78, 5) is 13.8. The maximum absolute atomic E-state index is 13.0. The second kappa shape index (κ2) is 6.41. The minimum absolute atomic E-state index is 0.309. The molecule has 2 heterocycles. The van der Waals surface area contributed by atoms with Gasteiger partial charge in [-0.05, 0) is 23.6 Å². The van der Waals surface area contributed by atoms with Crippen molar-refractivity contribution in [2.24, 2.45) is 5.73 Å². The Morgan fingerprint density at radius 1 is 1.04 bits per heavy atom. The number of sulfonamides is 1. The van der Waals surface area contributed by atoms with E-state index in [0.717, 1.165) is 23.2 Å². The van der Waals surface area contributed by atoms with Crippen LogP contribution in [0.25, 0.3) is 0 Å². The van der Waals surface area contributed by atoms with Crippen LogP contribution in [-0.2, 0) is 21.2 Å². The monoisotopic (exact) mass is 371 g/mol. The number of nitrogens with zero attached hydrogens (tertiary/aromatic N) is 2. The number of hydrogen-bond acceptors (Lipinski definition) is 4. The molecule has 0 unspecified atom stereocenters. The van der Waals surface area contributed by atoms with Gasteiger partial charge in [-0.3, -0.25) is 14.0 Å². The molecule has 26 heavy (non-hydrogen) atoms. The van der Waals surface area contributed by atoms with Crippen LogP contribution in [-0.4, -0.2) is 44.1 Å². The molecule has 0 saturated carbocycles. The zero-order valence-corrected chi connectivity index (χ0v) is 15.1. The number of fused-ring (bicyclic) bond motifs is 1. The molecule has 4 rings (SSSR count). The van der Waals surface area contributed by atoms with E-state index in [-0.39, 0.29) is 0 Å². The van der Waals surface area contributed by atoms with E-state index < -0.39 is 27.2 Å². The molecule has 0 spiro atoms. The molecular formula is C19H21N3O3S. The van der Waals surface area contributed by atoms with Crippen LogP contribution < -0.4 is 10.0 Å². The smallest absolute Gasteiger partial charge is 0.240 e.